The Hall–Kier alpha value is -2.40. The highest BCUT2D eigenvalue weighted by Crippen LogP contribution is 2.22. The second-order valence-corrected chi connectivity index (χ2v) is 6.60. The second-order valence-electron chi connectivity index (χ2n) is 6.60. The SMILES string of the molecule is C[C@H]1CC[C@@H](CCC(=O)Nc2cccc(Cn3ccccc3=O)c2)O1. The van der Waals surface area contributed by atoms with Gasteiger partial charge in [-0.25, -0.2) is 0 Å². The van der Waals surface area contributed by atoms with Crippen LogP contribution in [0.25, 0.3) is 0 Å². The molecule has 2 atom stereocenters. The molecule has 1 fully saturated rings. The summed E-state index contributed by atoms with van der Waals surface area (Å²) in [4.78, 5) is 24.0. The van der Waals surface area contributed by atoms with Gasteiger partial charge in [-0.15, -0.1) is 0 Å². The van der Waals surface area contributed by atoms with Gasteiger partial charge in [0.2, 0.25) is 5.91 Å². The molecule has 0 aliphatic carbocycles. The largest absolute Gasteiger partial charge is 0.375 e. The van der Waals surface area contributed by atoms with E-state index in [1.54, 1.807) is 16.8 Å². The van der Waals surface area contributed by atoms with Crippen LogP contribution in [-0.2, 0) is 16.1 Å². The molecule has 1 amide bonds. The van der Waals surface area contributed by atoms with Gasteiger partial charge in [-0.3, -0.25) is 9.59 Å². The summed E-state index contributed by atoms with van der Waals surface area (Å²) in [6.07, 6.45) is 5.61. The van der Waals surface area contributed by atoms with Gasteiger partial charge >= 0.3 is 0 Å². The minimum Gasteiger partial charge on any atom is -0.375 e. The predicted molar refractivity (Wildman–Crippen MR) is 97.7 cm³/mol. The topological polar surface area (TPSA) is 60.3 Å². The van der Waals surface area contributed by atoms with Gasteiger partial charge in [-0.2, -0.15) is 0 Å². The summed E-state index contributed by atoms with van der Waals surface area (Å²) >= 11 is 0. The van der Waals surface area contributed by atoms with Gasteiger partial charge in [-0.1, -0.05) is 18.2 Å². The second kappa shape index (κ2) is 8.12. The summed E-state index contributed by atoms with van der Waals surface area (Å²) in [5, 5.41) is 2.94. The van der Waals surface area contributed by atoms with Crippen molar-refractivity contribution >= 4 is 11.6 Å². The smallest absolute Gasteiger partial charge is 0.250 e. The molecule has 1 aliphatic rings. The third kappa shape index (κ3) is 5.03. The van der Waals surface area contributed by atoms with Crippen molar-refractivity contribution < 1.29 is 9.53 Å². The van der Waals surface area contributed by atoms with E-state index in [2.05, 4.69) is 12.2 Å². The third-order valence-corrected chi connectivity index (χ3v) is 4.48. The maximum absolute atomic E-state index is 12.2. The molecular formula is C20H24N2O3. The lowest BCUT2D eigenvalue weighted by Crippen LogP contribution is -2.18. The molecule has 1 aliphatic heterocycles. The van der Waals surface area contributed by atoms with Crippen LogP contribution < -0.4 is 10.9 Å². The molecule has 5 heteroatoms. The highest BCUT2D eigenvalue weighted by Gasteiger charge is 2.22. The van der Waals surface area contributed by atoms with Gasteiger partial charge in [0.05, 0.1) is 18.8 Å². The maximum atomic E-state index is 12.2. The summed E-state index contributed by atoms with van der Waals surface area (Å²) in [5.41, 5.74) is 1.69. The van der Waals surface area contributed by atoms with E-state index in [9.17, 15) is 9.59 Å². The predicted octanol–water partition coefficient (Wildman–Crippen LogP) is 3.18. The monoisotopic (exact) mass is 340 g/mol. The van der Waals surface area contributed by atoms with Crippen molar-refractivity contribution in [3.05, 3.63) is 64.6 Å². The van der Waals surface area contributed by atoms with Crippen LogP contribution in [0.3, 0.4) is 0 Å². The Bertz CT molecular complexity index is 784. The molecule has 25 heavy (non-hydrogen) atoms. The Labute approximate surface area is 147 Å². The van der Waals surface area contributed by atoms with Gasteiger partial charge < -0.3 is 14.6 Å². The minimum atomic E-state index is -0.0391. The molecule has 0 radical (unpaired) electrons. The first-order chi connectivity index (χ1) is 12.1. The van der Waals surface area contributed by atoms with Crippen molar-refractivity contribution in [2.75, 3.05) is 5.32 Å². The van der Waals surface area contributed by atoms with E-state index in [0.29, 0.717) is 19.1 Å². The number of rotatable bonds is 6. The lowest BCUT2D eigenvalue weighted by molar-refractivity contribution is -0.116. The molecule has 1 N–H and O–H groups in total. The number of benzene rings is 1. The summed E-state index contributed by atoms with van der Waals surface area (Å²) in [5.74, 6) is -0.00261. The van der Waals surface area contributed by atoms with Crippen LogP contribution >= 0.6 is 0 Å². The van der Waals surface area contributed by atoms with Crippen molar-refractivity contribution in [1.82, 2.24) is 4.57 Å². The van der Waals surface area contributed by atoms with E-state index in [-0.39, 0.29) is 17.6 Å². The molecular weight excluding hydrogens is 316 g/mol. The summed E-state index contributed by atoms with van der Waals surface area (Å²) < 4.78 is 7.38. The molecule has 5 nitrogen and oxygen atoms in total. The van der Waals surface area contributed by atoms with Crippen molar-refractivity contribution in [2.24, 2.45) is 0 Å². The van der Waals surface area contributed by atoms with Gasteiger partial charge in [0.15, 0.2) is 0 Å². The van der Waals surface area contributed by atoms with E-state index in [0.717, 1.165) is 30.5 Å². The van der Waals surface area contributed by atoms with E-state index in [4.69, 9.17) is 4.74 Å². The Morgan fingerprint density at radius 1 is 1.24 bits per heavy atom. The number of hydrogen-bond donors (Lipinski definition) is 1. The standard InChI is InChI=1S/C20H24N2O3/c1-15-8-9-18(25-15)10-11-19(23)21-17-6-4-5-16(13-17)14-22-12-3-2-7-20(22)24/h2-7,12-13,15,18H,8-11,14H2,1H3,(H,21,23)/t15-,18-/m0/s1. The number of nitrogens with zero attached hydrogens (tertiary/aromatic N) is 1. The zero-order valence-electron chi connectivity index (χ0n) is 14.5. The van der Waals surface area contributed by atoms with Crippen LogP contribution in [0.2, 0.25) is 0 Å². The van der Waals surface area contributed by atoms with E-state index < -0.39 is 0 Å². The minimum absolute atomic E-state index is 0.00261. The van der Waals surface area contributed by atoms with Crippen molar-refractivity contribution in [2.45, 2.75) is 51.4 Å². The molecule has 0 spiro atoms. The zero-order valence-corrected chi connectivity index (χ0v) is 14.5. The van der Waals surface area contributed by atoms with Gasteiger partial charge in [0.25, 0.3) is 5.56 Å². The Morgan fingerprint density at radius 2 is 2.12 bits per heavy atom. The fourth-order valence-corrected chi connectivity index (χ4v) is 3.15. The number of aromatic nitrogens is 1. The number of hydrogen-bond acceptors (Lipinski definition) is 3. The van der Waals surface area contributed by atoms with Crippen LogP contribution in [0.15, 0.2) is 53.5 Å². The van der Waals surface area contributed by atoms with Crippen molar-refractivity contribution in [3.8, 4) is 0 Å². The van der Waals surface area contributed by atoms with E-state index in [1.165, 1.54) is 6.07 Å². The molecule has 2 aromatic rings. The van der Waals surface area contributed by atoms with Gasteiger partial charge in [-0.05, 0) is 49.9 Å². The molecule has 1 saturated heterocycles. The maximum Gasteiger partial charge on any atom is 0.250 e. The van der Waals surface area contributed by atoms with Crippen molar-refractivity contribution in [1.29, 1.82) is 0 Å². The number of carbonyl (C=O) groups is 1. The van der Waals surface area contributed by atoms with Gasteiger partial charge in [0.1, 0.15) is 0 Å². The molecule has 3 rings (SSSR count). The summed E-state index contributed by atoms with van der Waals surface area (Å²) in [6, 6.07) is 12.7. The summed E-state index contributed by atoms with van der Waals surface area (Å²) in [6.45, 7) is 2.56. The summed E-state index contributed by atoms with van der Waals surface area (Å²) in [7, 11) is 0. The molecule has 1 aromatic heterocycles. The Balaban J connectivity index is 1.55. The molecule has 132 valence electrons. The van der Waals surface area contributed by atoms with Crippen LogP contribution in [0.1, 0.15) is 38.2 Å². The fourth-order valence-electron chi connectivity index (χ4n) is 3.15. The third-order valence-electron chi connectivity index (χ3n) is 4.48. The lowest BCUT2D eigenvalue weighted by atomic mass is 10.1. The van der Waals surface area contributed by atoms with Crippen LogP contribution in [0.5, 0.6) is 0 Å². The molecule has 2 heterocycles. The van der Waals surface area contributed by atoms with E-state index in [1.807, 2.05) is 30.3 Å². The van der Waals surface area contributed by atoms with Crippen LogP contribution in [-0.4, -0.2) is 22.7 Å². The number of amides is 1. The highest BCUT2D eigenvalue weighted by atomic mass is 16.5. The Kier molecular flexibility index (Phi) is 5.66. The first-order valence-corrected chi connectivity index (χ1v) is 8.80. The number of nitrogens with one attached hydrogen (secondary N) is 1. The number of pyridine rings is 1. The van der Waals surface area contributed by atoms with Crippen molar-refractivity contribution in [3.63, 3.8) is 0 Å². The number of carbonyl (C=O) groups excluding carboxylic acids is 1. The fraction of sp³-hybridized carbons (Fsp3) is 0.400. The average molecular weight is 340 g/mol. The molecule has 0 unspecified atom stereocenters. The highest BCUT2D eigenvalue weighted by molar-refractivity contribution is 5.90. The number of anilines is 1. The molecule has 0 saturated carbocycles. The zero-order chi connectivity index (χ0) is 17.6. The average Bonchev–Trinajstić information content (AvgIpc) is 3.01. The lowest BCUT2D eigenvalue weighted by Gasteiger charge is -2.12. The first-order valence-electron chi connectivity index (χ1n) is 8.80. The molecule has 1 aromatic carbocycles. The van der Waals surface area contributed by atoms with Gasteiger partial charge in [0, 0.05) is 24.4 Å². The number of ether oxygens (including phenoxy) is 1. The normalized spacial score (nSPS) is 19.7. The molecule has 0 bridgehead atoms. The quantitative estimate of drug-likeness (QED) is 0.878. The van der Waals surface area contributed by atoms with Crippen LogP contribution in [0, 0.1) is 0 Å². The first kappa shape index (κ1) is 17.4. The van der Waals surface area contributed by atoms with Crippen LogP contribution in [0.4, 0.5) is 5.69 Å². The van der Waals surface area contributed by atoms with E-state index >= 15 is 0 Å². The Morgan fingerprint density at radius 3 is 2.88 bits per heavy atom.